The Balaban J connectivity index is 1.90. The zero-order valence-electron chi connectivity index (χ0n) is 10.9. The Bertz CT molecular complexity index is 940. The molecule has 1 nitrogen and oxygen atoms in total. The van der Waals surface area contributed by atoms with Crippen LogP contribution in [-0.2, 0) is 0 Å². The first-order valence-corrected chi connectivity index (χ1v) is 8.79. The van der Waals surface area contributed by atoms with Crippen molar-refractivity contribution < 1.29 is 0 Å². The van der Waals surface area contributed by atoms with Crippen LogP contribution < -0.4 is 0 Å². The number of hydrogen-bond donors (Lipinski definition) is 1. The molecule has 4 rings (SSSR count). The first kappa shape index (κ1) is 13.4. The number of benzene rings is 2. The first-order valence-electron chi connectivity index (χ1n) is 6.61. The molecule has 0 aliphatic rings. The van der Waals surface area contributed by atoms with E-state index in [1.165, 1.54) is 21.9 Å². The zero-order chi connectivity index (χ0) is 14.4. The van der Waals surface area contributed by atoms with E-state index in [9.17, 15) is 0 Å². The molecule has 1 atom stereocenters. The van der Waals surface area contributed by atoms with Crippen molar-refractivity contribution in [1.82, 2.24) is 4.98 Å². The molecule has 2 aromatic heterocycles. The Morgan fingerprint density at radius 1 is 1.00 bits per heavy atom. The number of halogens is 2. The number of hydrogen-bond acceptors (Lipinski definition) is 1. The molecule has 0 saturated heterocycles. The van der Waals surface area contributed by atoms with E-state index >= 15 is 0 Å². The highest BCUT2D eigenvalue weighted by Crippen LogP contribution is 2.40. The van der Waals surface area contributed by atoms with Gasteiger partial charge in [-0.3, -0.25) is 0 Å². The van der Waals surface area contributed by atoms with Gasteiger partial charge in [0.25, 0.3) is 0 Å². The molecule has 1 N–H and O–H groups in total. The number of rotatable bonds is 2. The number of thiophene rings is 1. The summed E-state index contributed by atoms with van der Waals surface area (Å²) in [5.41, 5.74) is 3.55. The Morgan fingerprint density at radius 3 is 2.62 bits per heavy atom. The van der Waals surface area contributed by atoms with Gasteiger partial charge < -0.3 is 4.98 Å². The van der Waals surface area contributed by atoms with Crippen molar-refractivity contribution in [2.24, 2.45) is 0 Å². The van der Waals surface area contributed by atoms with Gasteiger partial charge in [-0.2, -0.15) is 0 Å². The van der Waals surface area contributed by atoms with Crippen molar-refractivity contribution in [1.29, 1.82) is 0 Å². The van der Waals surface area contributed by atoms with Crippen LogP contribution >= 0.6 is 38.9 Å². The van der Waals surface area contributed by atoms with E-state index in [2.05, 4.69) is 63.4 Å². The lowest BCUT2D eigenvalue weighted by Crippen LogP contribution is -1.90. The summed E-state index contributed by atoms with van der Waals surface area (Å²) in [6, 6.07) is 16.9. The molecule has 0 spiro atoms. The normalized spacial score (nSPS) is 13.0. The standard InChI is InChI=1S/C17H11BrClNS/c18-16(17-13(19)7-8-21-17)10-5-6-15-12(9-10)11-3-1-2-4-14(11)20-15/h1-9,16,20H. The third-order valence-corrected chi connectivity index (χ3v) is 6.41. The third-order valence-electron chi connectivity index (χ3n) is 3.70. The number of para-hydroxylation sites is 1. The Hall–Kier alpha value is -1.29. The quantitative estimate of drug-likeness (QED) is 0.383. The fourth-order valence-electron chi connectivity index (χ4n) is 2.66. The van der Waals surface area contributed by atoms with Gasteiger partial charge in [0, 0.05) is 26.7 Å². The van der Waals surface area contributed by atoms with Gasteiger partial charge in [-0.25, -0.2) is 0 Å². The van der Waals surface area contributed by atoms with Gasteiger partial charge in [0.05, 0.1) is 9.85 Å². The van der Waals surface area contributed by atoms with Crippen molar-refractivity contribution in [3.05, 3.63) is 69.4 Å². The summed E-state index contributed by atoms with van der Waals surface area (Å²) >= 11 is 11.7. The average Bonchev–Trinajstić information content (AvgIpc) is 3.09. The summed E-state index contributed by atoms with van der Waals surface area (Å²) < 4.78 is 0. The largest absolute Gasteiger partial charge is 0.355 e. The van der Waals surface area contributed by atoms with E-state index in [1.54, 1.807) is 11.3 Å². The van der Waals surface area contributed by atoms with E-state index in [0.717, 1.165) is 15.4 Å². The Kier molecular flexibility index (Phi) is 3.29. The highest BCUT2D eigenvalue weighted by Gasteiger charge is 2.16. The van der Waals surface area contributed by atoms with Crippen molar-refractivity contribution >= 4 is 60.7 Å². The highest BCUT2D eigenvalue weighted by atomic mass is 79.9. The summed E-state index contributed by atoms with van der Waals surface area (Å²) in [5.74, 6) is 0. The van der Waals surface area contributed by atoms with Crippen LogP contribution in [0.5, 0.6) is 0 Å². The monoisotopic (exact) mass is 375 g/mol. The average molecular weight is 377 g/mol. The number of nitrogens with one attached hydrogen (secondary N) is 1. The lowest BCUT2D eigenvalue weighted by molar-refractivity contribution is 1.23. The maximum absolute atomic E-state index is 6.25. The molecule has 4 aromatic rings. The number of aromatic amines is 1. The molecule has 0 fully saturated rings. The van der Waals surface area contributed by atoms with Crippen LogP contribution in [-0.4, -0.2) is 4.98 Å². The summed E-state index contributed by atoms with van der Waals surface area (Å²) in [7, 11) is 0. The second-order valence-corrected chi connectivity index (χ2v) is 7.24. The maximum Gasteiger partial charge on any atom is 0.0753 e. The number of alkyl halides is 1. The molecule has 2 aromatic carbocycles. The molecule has 0 radical (unpaired) electrons. The van der Waals surface area contributed by atoms with Gasteiger partial charge in [0.1, 0.15) is 0 Å². The summed E-state index contributed by atoms with van der Waals surface area (Å²) in [6.07, 6.45) is 0. The second kappa shape index (κ2) is 5.16. The molecule has 4 heteroatoms. The van der Waals surface area contributed by atoms with Gasteiger partial charge in [-0.15, -0.1) is 11.3 Å². The molecule has 0 aliphatic carbocycles. The minimum atomic E-state index is 0.128. The van der Waals surface area contributed by atoms with E-state index in [-0.39, 0.29) is 4.83 Å². The fraction of sp³-hybridized carbons (Fsp3) is 0.0588. The minimum Gasteiger partial charge on any atom is -0.355 e. The number of fused-ring (bicyclic) bond motifs is 3. The van der Waals surface area contributed by atoms with Crippen LogP contribution in [0.15, 0.2) is 53.9 Å². The maximum atomic E-state index is 6.25. The van der Waals surface area contributed by atoms with Crippen molar-refractivity contribution in [3.63, 3.8) is 0 Å². The van der Waals surface area contributed by atoms with Crippen LogP contribution in [0.2, 0.25) is 5.02 Å². The van der Waals surface area contributed by atoms with Crippen LogP contribution in [0.25, 0.3) is 21.8 Å². The number of aromatic nitrogens is 1. The van der Waals surface area contributed by atoms with Crippen molar-refractivity contribution in [2.45, 2.75) is 4.83 Å². The molecule has 0 saturated carbocycles. The van der Waals surface area contributed by atoms with Gasteiger partial charge in [-0.1, -0.05) is 51.8 Å². The topological polar surface area (TPSA) is 15.8 Å². The lowest BCUT2D eigenvalue weighted by Gasteiger charge is -2.09. The molecule has 104 valence electrons. The van der Waals surface area contributed by atoms with Crippen LogP contribution in [0.1, 0.15) is 15.3 Å². The SMILES string of the molecule is Clc1ccsc1C(Br)c1ccc2[nH]c3ccccc3c2c1. The van der Waals surface area contributed by atoms with Gasteiger partial charge >= 0.3 is 0 Å². The molecular weight excluding hydrogens is 366 g/mol. The molecule has 0 aliphatic heterocycles. The summed E-state index contributed by atoms with van der Waals surface area (Å²) in [4.78, 5) is 4.73. The summed E-state index contributed by atoms with van der Waals surface area (Å²) in [5, 5.41) is 5.35. The van der Waals surface area contributed by atoms with E-state index in [1.807, 2.05) is 11.4 Å². The molecule has 0 bridgehead atoms. The van der Waals surface area contributed by atoms with Crippen molar-refractivity contribution in [2.75, 3.05) is 0 Å². The van der Waals surface area contributed by atoms with Gasteiger partial charge in [0.15, 0.2) is 0 Å². The second-order valence-electron chi connectivity index (χ2n) is 4.97. The molecule has 2 heterocycles. The fourth-order valence-corrected chi connectivity index (χ4v) is 4.82. The molecule has 0 amide bonds. The van der Waals surface area contributed by atoms with Gasteiger partial charge in [-0.05, 0) is 35.2 Å². The third kappa shape index (κ3) is 2.20. The predicted octanol–water partition coefficient (Wildman–Crippen LogP) is 6.52. The molecule has 1 unspecified atom stereocenters. The van der Waals surface area contributed by atoms with Gasteiger partial charge in [0.2, 0.25) is 0 Å². The van der Waals surface area contributed by atoms with Crippen LogP contribution in [0.4, 0.5) is 0 Å². The smallest absolute Gasteiger partial charge is 0.0753 e. The van der Waals surface area contributed by atoms with E-state index < -0.39 is 0 Å². The van der Waals surface area contributed by atoms with Crippen LogP contribution in [0.3, 0.4) is 0 Å². The Morgan fingerprint density at radius 2 is 1.81 bits per heavy atom. The van der Waals surface area contributed by atoms with E-state index in [4.69, 9.17) is 11.6 Å². The van der Waals surface area contributed by atoms with E-state index in [0.29, 0.717) is 0 Å². The Labute approximate surface area is 139 Å². The van der Waals surface area contributed by atoms with Crippen LogP contribution in [0, 0.1) is 0 Å². The molecular formula is C17H11BrClNS. The van der Waals surface area contributed by atoms with Crippen molar-refractivity contribution in [3.8, 4) is 0 Å². The minimum absolute atomic E-state index is 0.128. The zero-order valence-corrected chi connectivity index (χ0v) is 14.1. The summed E-state index contributed by atoms with van der Waals surface area (Å²) in [6.45, 7) is 0. The molecule has 21 heavy (non-hydrogen) atoms. The number of H-pyrrole nitrogens is 1. The predicted molar refractivity (Wildman–Crippen MR) is 95.9 cm³/mol. The highest BCUT2D eigenvalue weighted by molar-refractivity contribution is 9.09. The first-order chi connectivity index (χ1) is 10.2. The lowest BCUT2D eigenvalue weighted by atomic mass is 10.1.